The van der Waals surface area contributed by atoms with E-state index < -0.39 is 17.2 Å². The Kier molecular flexibility index (Phi) is 3.44. The highest BCUT2D eigenvalue weighted by Gasteiger charge is 2.45. The van der Waals surface area contributed by atoms with E-state index in [4.69, 9.17) is 4.74 Å². The van der Waals surface area contributed by atoms with Crippen molar-refractivity contribution in [2.24, 2.45) is 0 Å². The lowest BCUT2D eigenvalue weighted by Gasteiger charge is -2.13. The molecule has 1 aromatic carbocycles. The topological polar surface area (TPSA) is 76.1 Å². The lowest BCUT2D eigenvalue weighted by molar-refractivity contribution is 0.00668. The molecular weight excluding hydrogens is 340 g/mol. The molecule has 0 aliphatic heterocycles. The van der Waals surface area contributed by atoms with Crippen LogP contribution in [0.5, 0.6) is 5.75 Å². The maximum absolute atomic E-state index is 13.7. The van der Waals surface area contributed by atoms with Crippen LogP contribution in [-0.4, -0.2) is 26.7 Å². The third kappa shape index (κ3) is 2.47. The van der Waals surface area contributed by atoms with Crippen LogP contribution in [0.15, 0.2) is 30.6 Å². The van der Waals surface area contributed by atoms with E-state index in [0.29, 0.717) is 17.0 Å². The van der Waals surface area contributed by atoms with Crippen molar-refractivity contribution < 1.29 is 13.5 Å². The van der Waals surface area contributed by atoms with Gasteiger partial charge in [-0.15, -0.1) is 10.2 Å². The van der Waals surface area contributed by atoms with Crippen LogP contribution in [0.2, 0.25) is 0 Å². The number of alkyl halides is 2. The Morgan fingerprint density at radius 3 is 2.69 bits per heavy atom. The van der Waals surface area contributed by atoms with Crippen molar-refractivity contribution in [1.29, 1.82) is 5.26 Å². The predicted octanol–water partition coefficient (Wildman–Crippen LogP) is 3.47. The minimum atomic E-state index is -3.13. The normalized spacial score (nSPS) is 15.7. The zero-order valence-corrected chi connectivity index (χ0v) is 14.2. The minimum absolute atomic E-state index is 0.238. The highest BCUT2D eigenvalue weighted by Crippen LogP contribution is 2.49. The summed E-state index contributed by atoms with van der Waals surface area (Å²) in [6.45, 7) is 0.774. The number of nitrogens with zero attached hydrogens (tertiary/aromatic N) is 5. The largest absolute Gasteiger partial charge is 0.496 e. The van der Waals surface area contributed by atoms with Crippen molar-refractivity contribution in [1.82, 2.24) is 19.6 Å². The molecule has 0 spiro atoms. The van der Waals surface area contributed by atoms with Gasteiger partial charge in [0.05, 0.1) is 30.5 Å². The van der Waals surface area contributed by atoms with Gasteiger partial charge in [0.15, 0.2) is 5.65 Å². The summed E-state index contributed by atoms with van der Waals surface area (Å²) in [6, 6.07) is 7.83. The molecule has 3 aromatic rings. The number of aromatic nitrogens is 4. The van der Waals surface area contributed by atoms with Crippen LogP contribution >= 0.6 is 0 Å². The van der Waals surface area contributed by atoms with Gasteiger partial charge in [-0.2, -0.15) is 14.0 Å². The molecule has 0 radical (unpaired) electrons. The molecule has 0 saturated heterocycles. The van der Waals surface area contributed by atoms with Crippen LogP contribution in [-0.2, 0) is 11.3 Å². The summed E-state index contributed by atoms with van der Waals surface area (Å²) in [4.78, 5) is 4.30. The van der Waals surface area contributed by atoms with Gasteiger partial charge in [-0.05, 0) is 30.5 Å². The summed E-state index contributed by atoms with van der Waals surface area (Å²) in [5, 5.41) is 16.7. The molecule has 0 atom stereocenters. The third-order valence-corrected chi connectivity index (χ3v) is 4.68. The van der Waals surface area contributed by atoms with Crippen LogP contribution in [0.4, 0.5) is 8.78 Å². The van der Waals surface area contributed by atoms with E-state index >= 15 is 0 Å². The van der Waals surface area contributed by atoms with Gasteiger partial charge in [0, 0.05) is 18.7 Å². The van der Waals surface area contributed by atoms with E-state index in [9.17, 15) is 14.0 Å². The highest BCUT2D eigenvalue weighted by atomic mass is 19.3. The number of ether oxygens (including phenoxy) is 1. The van der Waals surface area contributed by atoms with Crippen LogP contribution in [0.25, 0.3) is 16.9 Å². The average Bonchev–Trinajstić information content (AvgIpc) is 3.31. The summed E-state index contributed by atoms with van der Waals surface area (Å²) in [5.74, 6) is -3.04. The maximum Gasteiger partial charge on any atom is 0.304 e. The zero-order chi connectivity index (χ0) is 18.5. The van der Waals surface area contributed by atoms with Gasteiger partial charge in [0.1, 0.15) is 5.75 Å². The Labute approximate surface area is 148 Å². The summed E-state index contributed by atoms with van der Waals surface area (Å²) in [6.07, 6.45) is 4.51. The number of nitriles is 1. The molecule has 1 saturated carbocycles. The molecule has 2 heterocycles. The fourth-order valence-electron chi connectivity index (χ4n) is 3.03. The van der Waals surface area contributed by atoms with Crippen molar-refractivity contribution >= 4 is 5.65 Å². The van der Waals surface area contributed by atoms with E-state index in [1.807, 2.05) is 12.1 Å². The van der Waals surface area contributed by atoms with Crippen LogP contribution in [0.3, 0.4) is 0 Å². The molecule has 8 heteroatoms. The van der Waals surface area contributed by atoms with Gasteiger partial charge in [-0.25, -0.2) is 0 Å². The lowest BCUT2D eigenvalue weighted by Crippen LogP contribution is -2.12. The first-order valence-electron chi connectivity index (χ1n) is 8.07. The molecule has 1 aliphatic rings. The smallest absolute Gasteiger partial charge is 0.304 e. The van der Waals surface area contributed by atoms with Crippen LogP contribution < -0.4 is 4.74 Å². The first-order chi connectivity index (χ1) is 12.4. The summed E-state index contributed by atoms with van der Waals surface area (Å²) >= 11 is 0. The van der Waals surface area contributed by atoms with Crippen molar-refractivity contribution in [3.63, 3.8) is 0 Å². The number of fused-ring (bicyclic) bond motifs is 1. The number of benzene rings is 1. The maximum atomic E-state index is 13.7. The molecule has 0 N–H and O–H groups in total. The van der Waals surface area contributed by atoms with Gasteiger partial charge in [-0.1, -0.05) is 6.07 Å². The van der Waals surface area contributed by atoms with Gasteiger partial charge in [0.2, 0.25) is 5.82 Å². The van der Waals surface area contributed by atoms with Gasteiger partial charge in [-0.3, -0.25) is 9.38 Å². The lowest BCUT2D eigenvalue weighted by atomic mass is 9.95. The Hall–Kier alpha value is -3.08. The van der Waals surface area contributed by atoms with E-state index in [1.54, 1.807) is 6.07 Å². The zero-order valence-electron chi connectivity index (χ0n) is 14.2. The molecule has 0 unspecified atom stereocenters. The van der Waals surface area contributed by atoms with Crippen LogP contribution in [0.1, 0.15) is 31.2 Å². The first kappa shape index (κ1) is 16.4. The highest BCUT2D eigenvalue weighted by molar-refractivity contribution is 5.69. The van der Waals surface area contributed by atoms with E-state index in [-0.39, 0.29) is 5.65 Å². The van der Waals surface area contributed by atoms with E-state index in [0.717, 1.165) is 25.3 Å². The molecule has 132 valence electrons. The predicted molar refractivity (Wildman–Crippen MR) is 88.9 cm³/mol. The second-order valence-electron chi connectivity index (χ2n) is 6.52. The monoisotopic (exact) mass is 355 g/mol. The molecule has 26 heavy (non-hydrogen) atoms. The number of hydrogen-bond acceptors (Lipinski definition) is 5. The molecule has 0 bridgehead atoms. The minimum Gasteiger partial charge on any atom is -0.496 e. The summed E-state index contributed by atoms with van der Waals surface area (Å²) in [7, 11) is 1.53. The van der Waals surface area contributed by atoms with Gasteiger partial charge in [0.25, 0.3) is 0 Å². The van der Waals surface area contributed by atoms with Crippen molar-refractivity contribution in [3.05, 3.63) is 42.0 Å². The Morgan fingerprint density at radius 1 is 1.31 bits per heavy atom. The van der Waals surface area contributed by atoms with Crippen molar-refractivity contribution in [2.45, 2.75) is 31.1 Å². The Morgan fingerprint density at radius 2 is 2.08 bits per heavy atom. The SMILES string of the molecule is COc1cc(C2(C#N)CC2)ccc1-c1cn2c(C(C)(F)F)nnc2cn1. The number of halogens is 2. The number of hydrogen-bond donors (Lipinski definition) is 0. The fourth-order valence-corrected chi connectivity index (χ4v) is 3.03. The molecule has 2 aromatic heterocycles. The van der Waals surface area contributed by atoms with Gasteiger partial charge >= 0.3 is 5.92 Å². The average molecular weight is 355 g/mol. The Balaban J connectivity index is 1.84. The summed E-state index contributed by atoms with van der Waals surface area (Å²) < 4.78 is 34.1. The molecule has 4 rings (SSSR count). The second kappa shape index (κ2) is 5.46. The molecular formula is C18H15F2N5O. The molecule has 1 aliphatic carbocycles. The second-order valence-corrected chi connectivity index (χ2v) is 6.52. The molecule has 1 fully saturated rings. The quantitative estimate of drug-likeness (QED) is 0.716. The van der Waals surface area contributed by atoms with Crippen molar-refractivity contribution in [3.8, 4) is 23.1 Å². The van der Waals surface area contributed by atoms with Crippen LogP contribution in [0, 0.1) is 11.3 Å². The Bertz CT molecular complexity index is 1040. The molecule has 0 amide bonds. The third-order valence-electron chi connectivity index (χ3n) is 4.68. The van der Waals surface area contributed by atoms with E-state index in [1.165, 1.54) is 23.9 Å². The van der Waals surface area contributed by atoms with Gasteiger partial charge < -0.3 is 4.74 Å². The standard InChI is InChI=1S/C18H15F2N5O/c1-17(19,20)16-24-23-15-8-22-13(9-25(15)16)12-4-3-11(7-14(12)26-2)18(10-21)5-6-18/h3-4,7-9H,5-6H2,1-2H3. The fraction of sp³-hybridized carbons (Fsp3) is 0.333. The number of rotatable bonds is 4. The first-order valence-corrected chi connectivity index (χ1v) is 8.07. The number of methoxy groups -OCH3 is 1. The molecule has 6 nitrogen and oxygen atoms in total. The summed E-state index contributed by atoms with van der Waals surface area (Å²) in [5.41, 5.74) is 1.79. The van der Waals surface area contributed by atoms with Crippen molar-refractivity contribution in [2.75, 3.05) is 7.11 Å². The van der Waals surface area contributed by atoms with E-state index in [2.05, 4.69) is 21.3 Å².